The summed E-state index contributed by atoms with van der Waals surface area (Å²) in [5, 5.41) is 2.64. The largest absolute Gasteiger partial charge is 0.497 e. The smallest absolute Gasteiger partial charge is 0.254 e. The summed E-state index contributed by atoms with van der Waals surface area (Å²) in [5.41, 5.74) is 6.43. The molecular formula is C13H16N2O3. The standard InChI is InChI=1S/C13H16N2O3/c1-4-5-6-15-13(16)10-7-9(17-2)8-11(18-3)12(10)14/h7-8H,6,14H2,1-3H3,(H,15,16). The van der Waals surface area contributed by atoms with Gasteiger partial charge >= 0.3 is 0 Å². The molecule has 5 nitrogen and oxygen atoms in total. The van der Waals surface area contributed by atoms with Crippen LogP contribution in [0.2, 0.25) is 0 Å². The number of benzene rings is 1. The molecule has 0 spiro atoms. The highest BCUT2D eigenvalue weighted by molar-refractivity contribution is 6.01. The number of nitrogens with one attached hydrogen (secondary N) is 1. The molecule has 1 aromatic carbocycles. The van der Waals surface area contributed by atoms with E-state index < -0.39 is 0 Å². The third-order valence-corrected chi connectivity index (χ3v) is 2.33. The maximum Gasteiger partial charge on any atom is 0.254 e. The van der Waals surface area contributed by atoms with Crippen LogP contribution in [-0.4, -0.2) is 26.7 Å². The quantitative estimate of drug-likeness (QED) is 0.616. The van der Waals surface area contributed by atoms with Gasteiger partial charge in [-0.15, -0.1) is 5.92 Å². The summed E-state index contributed by atoms with van der Waals surface area (Å²) >= 11 is 0. The number of amides is 1. The number of methoxy groups -OCH3 is 2. The molecule has 0 saturated heterocycles. The number of anilines is 1. The van der Waals surface area contributed by atoms with E-state index in [-0.39, 0.29) is 18.1 Å². The molecule has 5 heteroatoms. The molecule has 0 aliphatic rings. The first kappa shape index (κ1) is 13.7. The zero-order valence-corrected chi connectivity index (χ0v) is 10.7. The molecule has 0 radical (unpaired) electrons. The van der Waals surface area contributed by atoms with Gasteiger partial charge in [-0.2, -0.15) is 0 Å². The molecule has 0 aliphatic carbocycles. The SMILES string of the molecule is CC#CCNC(=O)c1cc(OC)cc(OC)c1N. The highest BCUT2D eigenvalue weighted by atomic mass is 16.5. The van der Waals surface area contributed by atoms with Crippen molar-refractivity contribution < 1.29 is 14.3 Å². The first-order valence-electron chi connectivity index (χ1n) is 5.33. The van der Waals surface area contributed by atoms with Crippen molar-refractivity contribution in [1.29, 1.82) is 0 Å². The van der Waals surface area contributed by atoms with Crippen molar-refractivity contribution in [3.63, 3.8) is 0 Å². The van der Waals surface area contributed by atoms with Gasteiger partial charge in [0.1, 0.15) is 11.5 Å². The Morgan fingerprint density at radius 1 is 1.39 bits per heavy atom. The van der Waals surface area contributed by atoms with E-state index in [4.69, 9.17) is 15.2 Å². The minimum absolute atomic E-state index is 0.272. The highest BCUT2D eigenvalue weighted by Crippen LogP contribution is 2.30. The molecule has 1 aromatic rings. The third kappa shape index (κ3) is 3.08. The highest BCUT2D eigenvalue weighted by Gasteiger charge is 2.15. The average Bonchev–Trinajstić information content (AvgIpc) is 2.39. The summed E-state index contributed by atoms with van der Waals surface area (Å²) < 4.78 is 10.2. The van der Waals surface area contributed by atoms with E-state index in [9.17, 15) is 4.79 Å². The lowest BCUT2D eigenvalue weighted by molar-refractivity contribution is 0.0959. The fourth-order valence-electron chi connectivity index (χ4n) is 1.38. The van der Waals surface area contributed by atoms with Crippen LogP contribution in [0.1, 0.15) is 17.3 Å². The van der Waals surface area contributed by atoms with E-state index in [1.54, 1.807) is 19.1 Å². The lowest BCUT2D eigenvalue weighted by Crippen LogP contribution is -2.24. The molecule has 0 saturated carbocycles. The van der Waals surface area contributed by atoms with Crippen molar-refractivity contribution >= 4 is 11.6 Å². The van der Waals surface area contributed by atoms with Gasteiger partial charge in [-0.05, 0) is 13.0 Å². The van der Waals surface area contributed by atoms with Gasteiger partial charge in [0.15, 0.2) is 0 Å². The molecule has 0 fully saturated rings. The predicted octanol–water partition coefficient (Wildman–Crippen LogP) is 1.04. The van der Waals surface area contributed by atoms with Crippen molar-refractivity contribution in [2.24, 2.45) is 0 Å². The molecule has 0 aliphatic heterocycles. The van der Waals surface area contributed by atoms with Crippen LogP contribution >= 0.6 is 0 Å². The Morgan fingerprint density at radius 2 is 2.11 bits per heavy atom. The van der Waals surface area contributed by atoms with Crippen molar-refractivity contribution in [3.8, 4) is 23.3 Å². The number of hydrogen-bond acceptors (Lipinski definition) is 4. The summed E-state index contributed by atoms with van der Waals surface area (Å²) in [6, 6.07) is 3.19. The zero-order valence-electron chi connectivity index (χ0n) is 10.7. The normalized spacial score (nSPS) is 9.06. The summed E-state index contributed by atoms with van der Waals surface area (Å²) in [6.07, 6.45) is 0. The van der Waals surface area contributed by atoms with Crippen molar-refractivity contribution in [1.82, 2.24) is 5.32 Å². The predicted molar refractivity (Wildman–Crippen MR) is 69.7 cm³/mol. The van der Waals surface area contributed by atoms with Gasteiger partial charge in [-0.25, -0.2) is 0 Å². The molecule has 0 unspecified atom stereocenters. The first-order chi connectivity index (χ1) is 8.63. The molecule has 0 bridgehead atoms. The summed E-state index contributed by atoms with van der Waals surface area (Å²) in [7, 11) is 2.99. The van der Waals surface area contributed by atoms with Gasteiger partial charge in [0.25, 0.3) is 5.91 Å². The number of carbonyl (C=O) groups is 1. The second-order valence-corrected chi connectivity index (χ2v) is 3.40. The Labute approximate surface area is 106 Å². The van der Waals surface area contributed by atoms with Crippen LogP contribution in [0.25, 0.3) is 0 Å². The molecular weight excluding hydrogens is 232 g/mol. The average molecular weight is 248 g/mol. The number of hydrogen-bond donors (Lipinski definition) is 2. The number of carbonyl (C=O) groups excluding carboxylic acids is 1. The van der Waals surface area contributed by atoms with E-state index >= 15 is 0 Å². The Bertz CT molecular complexity index is 501. The van der Waals surface area contributed by atoms with Gasteiger partial charge in [0.05, 0.1) is 32.0 Å². The molecule has 0 heterocycles. The number of ether oxygens (including phenoxy) is 2. The number of rotatable bonds is 4. The summed E-state index contributed by atoms with van der Waals surface area (Å²) in [4.78, 5) is 11.9. The van der Waals surface area contributed by atoms with Gasteiger partial charge in [-0.3, -0.25) is 4.79 Å². The summed E-state index contributed by atoms with van der Waals surface area (Å²) in [5.74, 6) is 6.03. The minimum atomic E-state index is -0.313. The van der Waals surface area contributed by atoms with E-state index in [1.807, 2.05) is 0 Å². The van der Waals surface area contributed by atoms with Crippen LogP contribution in [0, 0.1) is 11.8 Å². The maximum atomic E-state index is 11.9. The minimum Gasteiger partial charge on any atom is -0.497 e. The molecule has 1 rings (SSSR count). The fraction of sp³-hybridized carbons (Fsp3) is 0.308. The van der Waals surface area contributed by atoms with Crippen LogP contribution in [0.5, 0.6) is 11.5 Å². The third-order valence-electron chi connectivity index (χ3n) is 2.33. The Balaban J connectivity index is 3.05. The number of nitrogen functional groups attached to an aromatic ring is 1. The molecule has 3 N–H and O–H groups in total. The summed E-state index contributed by atoms with van der Waals surface area (Å²) in [6.45, 7) is 1.98. The molecule has 96 valence electrons. The number of nitrogens with two attached hydrogens (primary N) is 1. The topological polar surface area (TPSA) is 73.6 Å². The Kier molecular flexibility index (Phi) is 4.88. The van der Waals surface area contributed by atoms with Crippen molar-refractivity contribution in [2.45, 2.75) is 6.92 Å². The van der Waals surface area contributed by atoms with E-state index in [2.05, 4.69) is 17.2 Å². The lowest BCUT2D eigenvalue weighted by Gasteiger charge is -2.12. The van der Waals surface area contributed by atoms with Crippen LogP contribution in [0.15, 0.2) is 12.1 Å². The Hall–Kier alpha value is -2.35. The molecule has 18 heavy (non-hydrogen) atoms. The monoisotopic (exact) mass is 248 g/mol. The first-order valence-corrected chi connectivity index (χ1v) is 5.33. The maximum absolute atomic E-state index is 11.9. The second kappa shape index (κ2) is 6.40. The lowest BCUT2D eigenvalue weighted by atomic mass is 10.1. The van der Waals surface area contributed by atoms with Crippen LogP contribution in [0.4, 0.5) is 5.69 Å². The van der Waals surface area contributed by atoms with E-state index in [0.29, 0.717) is 17.1 Å². The molecule has 0 aromatic heterocycles. The second-order valence-electron chi connectivity index (χ2n) is 3.40. The van der Waals surface area contributed by atoms with E-state index in [0.717, 1.165) is 0 Å². The Morgan fingerprint density at radius 3 is 2.67 bits per heavy atom. The van der Waals surface area contributed by atoms with Crippen molar-refractivity contribution in [3.05, 3.63) is 17.7 Å². The molecule has 0 atom stereocenters. The van der Waals surface area contributed by atoms with Crippen LogP contribution < -0.4 is 20.5 Å². The van der Waals surface area contributed by atoms with Gasteiger partial charge in [0, 0.05) is 6.07 Å². The van der Waals surface area contributed by atoms with Gasteiger partial charge in [0.2, 0.25) is 0 Å². The fourth-order valence-corrected chi connectivity index (χ4v) is 1.38. The van der Waals surface area contributed by atoms with Crippen LogP contribution in [0.3, 0.4) is 0 Å². The molecule has 1 amide bonds. The van der Waals surface area contributed by atoms with Crippen LogP contribution in [-0.2, 0) is 0 Å². The van der Waals surface area contributed by atoms with E-state index in [1.165, 1.54) is 14.2 Å². The van der Waals surface area contributed by atoms with Gasteiger partial charge < -0.3 is 20.5 Å². The van der Waals surface area contributed by atoms with Crippen molar-refractivity contribution in [2.75, 3.05) is 26.5 Å². The zero-order chi connectivity index (χ0) is 13.5. The van der Waals surface area contributed by atoms with Gasteiger partial charge in [-0.1, -0.05) is 5.92 Å².